The van der Waals surface area contributed by atoms with Crippen molar-refractivity contribution in [2.45, 2.75) is 19.8 Å². The zero-order chi connectivity index (χ0) is 20.6. The molecule has 0 aliphatic carbocycles. The lowest BCUT2D eigenvalue weighted by Crippen LogP contribution is -2.27. The number of aryl methyl sites for hydroxylation is 1. The Labute approximate surface area is 169 Å². The summed E-state index contributed by atoms with van der Waals surface area (Å²) in [7, 11) is 1.59. The van der Waals surface area contributed by atoms with Crippen LogP contribution < -0.4 is 10.1 Å². The minimum Gasteiger partial charge on any atom is -0.439 e. The lowest BCUT2D eigenvalue weighted by Gasteiger charge is -2.11. The van der Waals surface area contributed by atoms with Crippen molar-refractivity contribution in [2.24, 2.45) is 0 Å². The number of carbonyl (C=O) groups excluding carboxylic acids is 1. The first-order chi connectivity index (χ1) is 14.1. The highest BCUT2D eigenvalue weighted by molar-refractivity contribution is 5.76. The van der Waals surface area contributed by atoms with Crippen LogP contribution in [0.25, 0.3) is 5.69 Å². The zero-order valence-electron chi connectivity index (χ0n) is 16.5. The minimum absolute atomic E-state index is 0.0781. The van der Waals surface area contributed by atoms with E-state index < -0.39 is 0 Å². The number of rotatable bonds is 9. The molecule has 7 heteroatoms. The number of para-hydroxylation sites is 1. The number of amides is 1. The van der Waals surface area contributed by atoms with Gasteiger partial charge in [-0.1, -0.05) is 24.3 Å². The maximum atomic E-state index is 13.6. The largest absolute Gasteiger partial charge is 0.439 e. The number of hydrogen-bond acceptors (Lipinski definition) is 4. The van der Waals surface area contributed by atoms with Crippen molar-refractivity contribution >= 4 is 5.91 Å². The van der Waals surface area contributed by atoms with Gasteiger partial charge < -0.3 is 14.8 Å². The molecule has 0 aliphatic heterocycles. The van der Waals surface area contributed by atoms with E-state index >= 15 is 0 Å². The molecule has 1 amide bonds. The second-order valence-electron chi connectivity index (χ2n) is 6.52. The predicted molar refractivity (Wildman–Crippen MR) is 108 cm³/mol. The van der Waals surface area contributed by atoms with E-state index in [-0.39, 0.29) is 18.1 Å². The molecule has 0 unspecified atom stereocenters. The van der Waals surface area contributed by atoms with E-state index in [1.54, 1.807) is 23.9 Å². The third-order valence-corrected chi connectivity index (χ3v) is 4.38. The molecule has 0 spiro atoms. The van der Waals surface area contributed by atoms with Gasteiger partial charge in [0.1, 0.15) is 11.6 Å². The van der Waals surface area contributed by atoms with Crippen LogP contribution in [0.3, 0.4) is 0 Å². The van der Waals surface area contributed by atoms with E-state index in [1.165, 1.54) is 12.1 Å². The van der Waals surface area contributed by atoms with Crippen molar-refractivity contribution in [3.8, 4) is 17.3 Å². The summed E-state index contributed by atoms with van der Waals surface area (Å²) in [5, 5.41) is 7.41. The first-order valence-corrected chi connectivity index (χ1v) is 9.41. The van der Waals surface area contributed by atoms with Crippen molar-refractivity contribution in [3.05, 3.63) is 71.7 Å². The van der Waals surface area contributed by atoms with Crippen LogP contribution in [-0.4, -0.2) is 35.9 Å². The van der Waals surface area contributed by atoms with Gasteiger partial charge in [-0.25, -0.2) is 9.07 Å². The number of carbonyl (C=O) groups is 1. The van der Waals surface area contributed by atoms with Gasteiger partial charge in [0, 0.05) is 31.7 Å². The predicted octanol–water partition coefficient (Wildman–Crippen LogP) is 3.81. The molecule has 0 atom stereocenters. The van der Waals surface area contributed by atoms with E-state index in [1.807, 2.05) is 37.3 Å². The lowest BCUT2D eigenvalue weighted by atomic mass is 10.1. The molecule has 0 bridgehead atoms. The summed E-state index contributed by atoms with van der Waals surface area (Å²) in [5.74, 6) is 0.381. The third-order valence-electron chi connectivity index (χ3n) is 4.38. The monoisotopic (exact) mass is 397 g/mol. The van der Waals surface area contributed by atoms with Crippen LogP contribution in [0.1, 0.15) is 17.7 Å². The molecule has 1 aromatic heterocycles. The third kappa shape index (κ3) is 5.42. The summed E-state index contributed by atoms with van der Waals surface area (Å²) >= 11 is 0. The molecule has 0 fully saturated rings. The average molecular weight is 397 g/mol. The number of nitrogens with one attached hydrogen (secondary N) is 1. The smallest absolute Gasteiger partial charge is 0.226 e. The maximum Gasteiger partial charge on any atom is 0.226 e. The minimum atomic E-state index is -0.385. The van der Waals surface area contributed by atoms with Gasteiger partial charge in [0.25, 0.3) is 0 Å². The number of benzene rings is 2. The van der Waals surface area contributed by atoms with Crippen molar-refractivity contribution < 1.29 is 18.7 Å². The number of hydrogen-bond donors (Lipinski definition) is 1. The molecular weight excluding hydrogens is 373 g/mol. The Bertz CT molecular complexity index is 957. The van der Waals surface area contributed by atoms with Crippen LogP contribution in [0, 0.1) is 12.7 Å². The summed E-state index contributed by atoms with van der Waals surface area (Å²) in [6, 6.07) is 15.5. The number of halogens is 1. The molecule has 152 valence electrons. The van der Waals surface area contributed by atoms with Crippen LogP contribution >= 0.6 is 0 Å². The molecule has 3 rings (SSSR count). The highest BCUT2D eigenvalue weighted by Crippen LogP contribution is 2.31. The van der Waals surface area contributed by atoms with Gasteiger partial charge in [-0.05, 0) is 37.6 Å². The fourth-order valence-corrected chi connectivity index (χ4v) is 2.94. The van der Waals surface area contributed by atoms with E-state index in [0.29, 0.717) is 31.2 Å². The second-order valence-corrected chi connectivity index (χ2v) is 6.52. The van der Waals surface area contributed by atoms with Crippen LogP contribution in [0.2, 0.25) is 0 Å². The topological polar surface area (TPSA) is 65.4 Å². The van der Waals surface area contributed by atoms with Gasteiger partial charge in [-0.15, -0.1) is 0 Å². The quantitative estimate of drug-likeness (QED) is 0.558. The normalized spacial score (nSPS) is 10.7. The van der Waals surface area contributed by atoms with Gasteiger partial charge in [-0.2, -0.15) is 5.10 Å². The van der Waals surface area contributed by atoms with Gasteiger partial charge >= 0.3 is 0 Å². The number of ether oxygens (including phenoxy) is 2. The average Bonchev–Trinajstić information content (AvgIpc) is 3.02. The fourth-order valence-electron chi connectivity index (χ4n) is 2.94. The van der Waals surface area contributed by atoms with Crippen molar-refractivity contribution in [3.63, 3.8) is 0 Å². The van der Waals surface area contributed by atoms with Crippen molar-refractivity contribution in [2.75, 3.05) is 20.3 Å². The summed E-state index contributed by atoms with van der Waals surface area (Å²) in [5.41, 5.74) is 2.38. The molecular formula is C22H24FN3O3. The Kier molecular flexibility index (Phi) is 6.97. The summed E-state index contributed by atoms with van der Waals surface area (Å²) in [6.07, 6.45) is 0.729. The Balaban J connectivity index is 1.88. The maximum absolute atomic E-state index is 13.6. The van der Waals surface area contributed by atoms with Crippen LogP contribution in [-0.2, 0) is 16.0 Å². The second kappa shape index (κ2) is 9.84. The Morgan fingerprint density at radius 3 is 2.69 bits per heavy atom. The number of methoxy groups -OCH3 is 1. The van der Waals surface area contributed by atoms with Crippen LogP contribution in [0.5, 0.6) is 11.6 Å². The summed E-state index contributed by atoms with van der Waals surface area (Å²) < 4.78 is 26.3. The molecule has 6 nitrogen and oxygen atoms in total. The van der Waals surface area contributed by atoms with E-state index in [4.69, 9.17) is 9.47 Å². The van der Waals surface area contributed by atoms with Gasteiger partial charge in [0.05, 0.1) is 18.0 Å². The Morgan fingerprint density at radius 2 is 1.97 bits per heavy atom. The molecule has 29 heavy (non-hydrogen) atoms. The lowest BCUT2D eigenvalue weighted by molar-refractivity contribution is -0.121. The molecule has 0 aliphatic rings. The van der Waals surface area contributed by atoms with Gasteiger partial charge in [0.15, 0.2) is 0 Å². The molecule has 0 saturated carbocycles. The molecule has 0 saturated heterocycles. The van der Waals surface area contributed by atoms with E-state index in [0.717, 1.165) is 16.9 Å². The Hall–Kier alpha value is -3.19. The number of nitrogens with zero attached hydrogens (tertiary/aromatic N) is 2. The molecule has 0 radical (unpaired) electrons. The first-order valence-electron chi connectivity index (χ1n) is 9.41. The fraction of sp³-hybridized carbons (Fsp3) is 0.273. The molecule has 1 N–H and O–H groups in total. The van der Waals surface area contributed by atoms with Crippen molar-refractivity contribution in [1.29, 1.82) is 0 Å². The standard InChI is InChI=1S/C22H24FN3O3/c1-16-20(11-12-21(27)24-13-14-28-2)22(29-19-10-6-7-17(23)15-19)26(25-16)18-8-4-3-5-9-18/h3-10,15H,11-14H2,1-2H3,(H,24,27). The molecule has 1 heterocycles. The van der Waals surface area contributed by atoms with Gasteiger partial charge in [0.2, 0.25) is 11.8 Å². The van der Waals surface area contributed by atoms with Crippen molar-refractivity contribution in [1.82, 2.24) is 15.1 Å². The van der Waals surface area contributed by atoms with Crippen LogP contribution in [0.4, 0.5) is 4.39 Å². The summed E-state index contributed by atoms with van der Waals surface area (Å²) in [4.78, 5) is 12.1. The van der Waals surface area contributed by atoms with E-state index in [2.05, 4.69) is 10.4 Å². The van der Waals surface area contributed by atoms with Crippen LogP contribution in [0.15, 0.2) is 54.6 Å². The molecule has 2 aromatic carbocycles. The SMILES string of the molecule is COCCNC(=O)CCc1c(C)nn(-c2ccccc2)c1Oc1cccc(F)c1. The number of aromatic nitrogens is 2. The highest BCUT2D eigenvalue weighted by Gasteiger charge is 2.20. The Morgan fingerprint density at radius 1 is 1.17 bits per heavy atom. The highest BCUT2D eigenvalue weighted by atomic mass is 19.1. The first kappa shape index (κ1) is 20.5. The van der Waals surface area contributed by atoms with E-state index in [9.17, 15) is 9.18 Å². The zero-order valence-corrected chi connectivity index (χ0v) is 16.5. The summed E-state index contributed by atoms with van der Waals surface area (Å²) in [6.45, 7) is 2.80. The van der Waals surface area contributed by atoms with Gasteiger partial charge in [-0.3, -0.25) is 4.79 Å². The molecule has 3 aromatic rings.